The molecule has 1 spiro atoms. The van der Waals surface area contributed by atoms with Crippen molar-refractivity contribution >= 4 is 17.7 Å². The highest BCUT2D eigenvalue weighted by Crippen LogP contribution is 2.58. The van der Waals surface area contributed by atoms with Crippen molar-refractivity contribution in [3.8, 4) is 0 Å². The van der Waals surface area contributed by atoms with E-state index >= 15 is 0 Å². The van der Waals surface area contributed by atoms with Crippen molar-refractivity contribution in [1.82, 2.24) is 14.7 Å². The Balaban J connectivity index is 1.41. The molecule has 2 saturated heterocycles. The third-order valence-corrected chi connectivity index (χ3v) is 10.1. The number of hydrogen-bond acceptors (Lipinski definition) is 5. The summed E-state index contributed by atoms with van der Waals surface area (Å²) in [5.74, 6) is -1.86. The lowest BCUT2D eigenvalue weighted by Gasteiger charge is -2.40. The van der Waals surface area contributed by atoms with Crippen LogP contribution >= 0.6 is 0 Å². The molecule has 3 amide bonds. The summed E-state index contributed by atoms with van der Waals surface area (Å²) in [6.07, 6.45) is 14.9. The second-order valence-electron chi connectivity index (χ2n) is 12.4. The van der Waals surface area contributed by atoms with Gasteiger partial charge in [0.2, 0.25) is 17.7 Å². The zero-order chi connectivity index (χ0) is 28.6. The zero-order valence-electron chi connectivity index (χ0n) is 24.1. The average molecular weight is 562 g/mol. The van der Waals surface area contributed by atoms with Crippen molar-refractivity contribution in [2.24, 2.45) is 11.8 Å². The highest BCUT2D eigenvalue weighted by molar-refractivity contribution is 6.00. The third kappa shape index (κ3) is 4.63. The van der Waals surface area contributed by atoms with Crippen molar-refractivity contribution in [2.75, 3.05) is 26.2 Å². The number of hydrogen-bond donors (Lipinski definition) is 1. The molecule has 8 heteroatoms. The van der Waals surface area contributed by atoms with Crippen molar-refractivity contribution < 1.29 is 24.2 Å². The van der Waals surface area contributed by atoms with E-state index in [2.05, 4.69) is 0 Å². The Kier molecular flexibility index (Phi) is 7.81. The molecule has 5 aliphatic rings. The van der Waals surface area contributed by atoms with Gasteiger partial charge >= 0.3 is 0 Å². The minimum Gasteiger partial charge on any atom is -0.396 e. The molecule has 220 valence electrons. The van der Waals surface area contributed by atoms with Crippen molar-refractivity contribution in [3.05, 3.63) is 60.2 Å². The van der Waals surface area contributed by atoms with E-state index in [1.54, 1.807) is 4.90 Å². The van der Waals surface area contributed by atoms with Gasteiger partial charge in [0.1, 0.15) is 11.6 Å². The SMILES string of the molecule is CC[C@]12C=CCN(Cc3ccccc3)C(=O)[C@H]1[C@H]1C(=O)N(CCCCO)C3C(=O)N(C4CCCCC4)CC=C[C@@]31O2. The summed E-state index contributed by atoms with van der Waals surface area (Å²) in [6, 6.07) is 9.23. The summed E-state index contributed by atoms with van der Waals surface area (Å²) in [6.45, 7) is 3.76. The molecule has 1 aromatic carbocycles. The molecular weight excluding hydrogens is 518 g/mol. The standard InChI is InChI=1S/C33H43N3O5/c1-2-32-17-11-19-34(23-24-13-5-3-6-14-24)29(38)26(32)27-30(39)36(20-9-10-22-37)28-31(40)35(25-15-7-4-8-16-25)21-12-18-33(27,28)41-32/h3,5-6,11-14,17-18,25-28,37H,2,4,7-10,15-16,19-23H2,1H3/t26-,27+,28?,32+,33+/m1/s1. The van der Waals surface area contributed by atoms with Crippen LogP contribution in [-0.2, 0) is 25.7 Å². The normalized spacial score (nSPS) is 33.6. The third-order valence-electron chi connectivity index (χ3n) is 10.1. The van der Waals surface area contributed by atoms with E-state index in [4.69, 9.17) is 4.74 Å². The lowest BCUT2D eigenvalue weighted by atomic mass is 9.73. The number of aliphatic hydroxyl groups excluding tert-OH is 1. The van der Waals surface area contributed by atoms with Crippen LogP contribution in [0.25, 0.3) is 0 Å². The molecule has 1 saturated carbocycles. The smallest absolute Gasteiger partial charge is 0.249 e. The van der Waals surface area contributed by atoms with Crippen molar-refractivity contribution in [3.63, 3.8) is 0 Å². The van der Waals surface area contributed by atoms with E-state index in [1.165, 1.54) is 6.42 Å². The van der Waals surface area contributed by atoms with E-state index in [0.29, 0.717) is 45.4 Å². The number of carbonyl (C=O) groups excluding carboxylic acids is 3. The second kappa shape index (κ2) is 11.4. The number of rotatable bonds is 8. The molecule has 8 nitrogen and oxygen atoms in total. The molecule has 41 heavy (non-hydrogen) atoms. The van der Waals surface area contributed by atoms with Crippen LogP contribution < -0.4 is 0 Å². The van der Waals surface area contributed by atoms with Gasteiger partial charge in [0.25, 0.3) is 0 Å². The van der Waals surface area contributed by atoms with Gasteiger partial charge in [0.15, 0.2) is 0 Å². The fourth-order valence-electron chi connectivity index (χ4n) is 8.13. The van der Waals surface area contributed by atoms with Gasteiger partial charge in [-0.15, -0.1) is 0 Å². The fourth-order valence-corrected chi connectivity index (χ4v) is 8.13. The Bertz CT molecular complexity index is 1210. The Hall–Kier alpha value is -2.97. The molecule has 3 fully saturated rings. The summed E-state index contributed by atoms with van der Waals surface area (Å²) < 4.78 is 7.08. The first-order chi connectivity index (χ1) is 20.0. The van der Waals surface area contributed by atoms with Crippen LogP contribution in [0.2, 0.25) is 0 Å². The highest BCUT2D eigenvalue weighted by atomic mass is 16.5. The lowest BCUT2D eigenvalue weighted by Crippen LogP contribution is -2.57. The summed E-state index contributed by atoms with van der Waals surface area (Å²) in [5, 5.41) is 9.47. The number of benzene rings is 1. The number of unbranched alkanes of at least 4 members (excludes halogenated alkanes) is 1. The molecule has 0 aromatic heterocycles. The number of aliphatic hydroxyl groups is 1. The lowest BCUT2D eigenvalue weighted by molar-refractivity contribution is -0.155. The molecule has 0 bridgehead atoms. The highest BCUT2D eigenvalue weighted by Gasteiger charge is 2.75. The Morgan fingerprint density at radius 2 is 1.66 bits per heavy atom. The van der Waals surface area contributed by atoms with Gasteiger partial charge < -0.3 is 24.5 Å². The Labute approximate surface area is 243 Å². The monoisotopic (exact) mass is 561 g/mol. The molecule has 1 aromatic rings. The molecule has 4 heterocycles. The second-order valence-corrected chi connectivity index (χ2v) is 12.4. The number of carbonyl (C=O) groups is 3. The van der Waals surface area contributed by atoms with Gasteiger partial charge in [-0.05, 0) is 37.7 Å². The van der Waals surface area contributed by atoms with Crippen molar-refractivity contribution in [2.45, 2.75) is 88.1 Å². The van der Waals surface area contributed by atoms with E-state index in [9.17, 15) is 19.5 Å². The van der Waals surface area contributed by atoms with E-state index in [-0.39, 0.29) is 30.4 Å². The van der Waals surface area contributed by atoms with Gasteiger partial charge in [-0.1, -0.05) is 80.8 Å². The maximum Gasteiger partial charge on any atom is 0.249 e. The van der Waals surface area contributed by atoms with Crippen LogP contribution in [0.5, 0.6) is 0 Å². The zero-order valence-corrected chi connectivity index (χ0v) is 24.1. The van der Waals surface area contributed by atoms with Crippen LogP contribution in [0.15, 0.2) is 54.6 Å². The van der Waals surface area contributed by atoms with Gasteiger partial charge in [-0.25, -0.2) is 0 Å². The topological polar surface area (TPSA) is 90.4 Å². The molecule has 6 rings (SSSR count). The minimum atomic E-state index is -1.22. The summed E-state index contributed by atoms with van der Waals surface area (Å²) >= 11 is 0. The van der Waals surface area contributed by atoms with Gasteiger partial charge in [-0.2, -0.15) is 0 Å². The number of nitrogens with zero attached hydrogens (tertiary/aromatic N) is 3. The van der Waals surface area contributed by atoms with E-state index in [1.807, 2.05) is 71.4 Å². The number of fused-ring (bicyclic) bond motifs is 2. The summed E-state index contributed by atoms with van der Waals surface area (Å²) in [7, 11) is 0. The quantitative estimate of drug-likeness (QED) is 0.388. The predicted octanol–water partition coefficient (Wildman–Crippen LogP) is 3.45. The van der Waals surface area contributed by atoms with Crippen LogP contribution in [0.4, 0.5) is 0 Å². The first kappa shape index (κ1) is 28.2. The first-order valence-corrected chi connectivity index (χ1v) is 15.6. The van der Waals surface area contributed by atoms with E-state index < -0.39 is 29.1 Å². The predicted molar refractivity (Wildman–Crippen MR) is 154 cm³/mol. The number of amides is 3. The molecule has 0 radical (unpaired) electrons. The maximum atomic E-state index is 14.6. The fraction of sp³-hybridized carbons (Fsp3) is 0.606. The largest absolute Gasteiger partial charge is 0.396 e. The summed E-state index contributed by atoms with van der Waals surface area (Å²) in [4.78, 5) is 49.0. The maximum absolute atomic E-state index is 14.6. The Morgan fingerprint density at radius 3 is 2.39 bits per heavy atom. The number of ether oxygens (including phenoxy) is 1. The molecule has 4 aliphatic heterocycles. The first-order valence-electron chi connectivity index (χ1n) is 15.6. The number of likely N-dealkylation sites (tertiary alicyclic amines) is 1. The van der Waals surface area contributed by atoms with Crippen LogP contribution in [0.3, 0.4) is 0 Å². The molecule has 1 N–H and O–H groups in total. The van der Waals surface area contributed by atoms with Gasteiger partial charge in [-0.3, -0.25) is 14.4 Å². The van der Waals surface area contributed by atoms with Gasteiger partial charge in [0.05, 0.1) is 17.4 Å². The van der Waals surface area contributed by atoms with Crippen LogP contribution in [0, 0.1) is 11.8 Å². The van der Waals surface area contributed by atoms with Crippen LogP contribution in [-0.4, -0.2) is 87.1 Å². The summed E-state index contributed by atoms with van der Waals surface area (Å²) in [5.41, 5.74) is -1.16. The molecule has 1 aliphatic carbocycles. The van der Waals surface area contributed by atoms with Gasteiger partial charge in [0, 0.05) is 38.8 Å². The molecular formula is C33H43N3O5. The van der Waals surface area contributed by atoms with Crippen molar-refractivity contribution in [1.29, 1.82) is 0 Å². The minimum absolute atomic E-state index is 0.0269. The Morgan fingerprint density at radius 1 is 0.902 bits per heavy atom. The average Bonchev–Trinajstić information content (AvgIpc) is 3.28. The van der Waals surface area contributed by atoms with Crippen LogP contribution in [0.1, 0.15) is 63.9 Å². The molecule has 1 unspecified atom stereocenters. The van der Waals surface area contributed by atoms with E-state index in [0.717, 1.165) is 31.2 Å². The molecule has 5 atom stereocenters.